The van der Waals surface area contributed by atoms with E-state index >= 15 is 0 Å². The van der Waals surface area contributed by atoms with Crippen molar-refractivity contribution >= 4 is 5.91 Å². The van der Waals surface area contributed by atoms with Crippen LogP contribution >= 0.6 is 0 Å². The number of benzene rings is 2. The van der Waals surface area contributed by atoms with Crippen LogP contribution < -0.4 is 10.1 Å². The summed E-state index contributed by atoms with van der Waals surface area (Å²) in [6.07, 6.45) is 2.53. The molecule has 0 saturated heterocycles. The van der Waals surface area contributed by atoms with E-state index in [0.29, 0.717) is 6.42 Å². The molecule has 0 aromatic heterocycles. The molecule has 4 nitrogen and oxygen atoms in total. The normalized spacial score (nSPS) is 14.0. The molecule has 3 rings (SSSR count). The topological polar surface area (TPSA) is 41.6 Å². The summed E-state index contributed by atoms with van der Waals surface area (Å²) in [5.41, 5.74) is 3.93. The molecular weight excluding hydrogens is 312 g/mol. The second kappa shape index (κ2) is 8.67. The number of nitrogens with one attached hydrogen (secondary N) is 1. The van der Waals surface area contributed by atoms with E-state index in [9.17, 15) is 4.79 Å². The van der Waals surface area contributed by atoms with Gasteiger partial charge < -0.3 is 10.1 Å². The van der Waals surface area contributed by atoms with Crippen molar-refractivity contribution in [2.45, 2.75) is 25.8 Å². The quantitative estimate of drug-likeness (QED) is 0.790. The Kier molecular flexibility index (Phi) is 6.07. The van der Waals surface area contributed by atoms with Crippen molar-refractivity contribution in [1.82, 2.24) is 10.2 Å². The Morgan fingerprint density at radius 2 is 1.88 bits per heavy atom. The monoisotopic (exact) mass is 338 g/mol. The van der Waals surface area contributed by atoms with E-state index in [0.717, 1.165) is 50.3 Å². The largest absolute Gasteiger partial charge is 0.497 e. The van der Waals surface area contributed by atoms with Gasteiger partial charge in [0, 0.05) is 26.2 Å². The number of fused-ring (bicyclic) bond motifs is 1. The van der Waals surface area contributed by atoms with Gasteiger partial charge in [-0.1, -0.05) is 36.4 Å². The fourth-order valence-corrected chi connectivity index (χ4v) is 3.27. The number of methoxy groups -OCH3 is 1. The molecule has 0 radical (unpaired) electrons. The molecule has 0 fully saturated rings. The first-order valence-corrected chi connectivity index (χ1v) is 8.93. The first-order chi connectivity index (χ1) is 12.2. The SMILES string of the molecule is COc1ccc(CC(=O)NCCCN2CCc3ccccc3C2)cc1. The van der Waals surface area contributed by atoms with Crippen LogP contribution in [0.5, 0.6) is 5.75 Å². The number of amides is 1. The number of hydrogen-bond donors (Lipinski definition) is 1. The molecule has 1 heterocycles. The first-order valence-electron chi connectivity index (χ1n) is 8.93. The minimum absolute atomic E-state index is 0.0779. The van der Waals surface area contributed by atoms with Crippen LogP contribution in [0.2, 0.25) is 0 Å². The third-order valence-corrected chi connectivity index (χ3v) is 4.71. The second-order valence-electron chi connectivity index (χ2n) is 6.52. The van der Waals surface area contributed by atoms with Crippen molar-refractivity contribution in [3.05, 3.63) is 65.2 Å². The predicted octanol–water partition coefficient (Wildman–Crippen LogP) is 2.80. The highest BCUT2D eigenvalue weighted by molar-refractivity contribution is 5.78. The molecule has 0 saturated carbocycles. The van der Waals surface area contributed by atoms with Crippen LogP contribution in [-0.4, -0.2) is 37.6 Å². The maximum Gasteiger partial charge on any atom is 0.224 e. The van der Waals surface area contributed by atoms with Gasteiger partial charge in [-0.2, -0.15) is 0 Å². The molecule has 2 aromatic carbocycles. The lowest BCUT2D eigenvalue weighted by Gasteiger charge is -2.28. The summed E-state index contributed by atoms with van der Waals surface area (Å²) in [4.78, 5) is 14.5. The Balaban J connectivity index is 1.35. The van der Waals surface area contributed by atoms with Crippen molar-refractivity contribution in [3.63, 3.8) is 0 Å². The molecule has 2 aromatic rings. The van der Waals surface area contributed by atoms with Gasteiger partial charge in [0.25, 0.3) is 0 Å². The summed E-state index contributed by atoms with van der Waals surface area (Å²) >= 11 is 0. The molecule has 132 valence electrons. The molecule has 1 aliphatic rings. The Morgan fingerprint density at radius 1 is 1.12 bits per heavy atom. The third-order valence-electron chi connectivity index (χ3n) is 4.71. The van der Waals surface area contributed by atoms with Crippen LogP contribution in [0.4, 0.5) is 0 Å². The molecule has 1 amide bonds. The highest BCUT2D eigenvalue weighted by atomic mass is 16.5. The Labute approximate surface area is 149 Å². The van der Waals surface area contributed by atoms with Crippen LogP contribution in [0.1, 0.15) is 23.1 Å². The fraction of sp³-hybridized carbons (Fsp3) is 0.381. The zero-order chi connectivity index (χ0) is 17.5. The zero-order valence-electron chi connectivity index (χ0n) is 14.8. The third kappa shape index (κ3) is 5.07. The van der Waals surface area contributed by atoms with Gasteiger partial charge >= 0.3 is 0 Å². The molecule has 1 N–H and O–H groups in total. The molecule has 4 heteroatoms. The molecular formula is C21H26N2O2. The van der Waals surface area contributed by atoms with E-state index in [1.807, 2.05) is 24.3 Å². The summed E-state index contributed by atoms with van der Waals surface area (Å²) in [6.45, 7) is 3.89. The van der Waals surface area contributed by atoms with E-state index in [4.69, 9.17) is 4.74 Å². The number of ether oxygens (including phenoxy) is 1. The van der Waals surface area contributed by atoms with E-state index in [-0.39, 0.29) is 5.91 Å². The lowest BCUT2D eigenvalue weighted by molar-refractivity contribution is -0.120. The summed E-state index contributed by atoms with van der Waals surface area (Å²) in [5, 5.41) is 3.02. The lowest BCUT2D eigenvalue weighted by atomic mass is 10.00. The van der Waals surface area contributed by atoms with Gasteiger partial charge in [-0.05, 0) is 41.7 Å². The van der Waals surface area contributed by atoms with Gasteiger partial charge in [0.15, 0.2) is 0 Å². The van der Waals surface area contributed by atoms with Crippen LogP contribution in [0.15, 0.2) is 48.5 Å². The van der Waals surface area contributed by atoms with Crippen LogP contribution in [-0.2, 0) is 24.2 Å². The molecule has 0 spiro atoms. The van der Waals surface area contributed by atoms with Gasteiger partial charge in [-0.3, -0.25) is 9.69 Å². The second-order valence-corrected chi connectivity index (χ2v) is 6.52. The summed E-state index contributed by atoms with van der Waals surface area (Å²) in [7, 11) is 1.64. The summed E-state index contributed by atoms with van der Waals surface area (Å²) in [6, 6.07) is 16.3. The first kappa shape index (κ1) is 17.5. The lowest BCUT2D eigenvalue weighted by Crippen LogP contribution is -2.34. The predicted molar refractivity (Wildman–Crippen MR) is 99.7 cm³/mol. The van der Waals surface area contributed by atoms with Crippen molar-refractivity contribution in [3.8, 4) is 5.75 Å². The van der Waals surface area contributed by atoms with Gasteiger partial charge in [-0.25, -0.2) is 0 Å². The van der Waals surface area contributed by atoms with E-state index in [1.165, 1.54) is 11.1 Å². The Hall–Kier alpha value is -2.33. The van der Waals surface area contributed by atoms with Gasteiger partial charge in [-0.15, -0.1) is 0 Å². The van der Waals surface area contributed by atoms with Gasteiger partial charge in [0.2, 0.25) is 5.91 Å². The maximum absolute atomic E-state index is 12.0. The molecule has 25 heavy (non-hydrogen) atoms. The van der Waals surface area contributed by atoms with Crippen LogP contribution in [0.3, 0.4) is 0 Å². The van der Waals surface area contributed by atoms with E-state index in [2.05, 4.69) is 34.5 Å². The van der Waals surface area contributed by atoms with E-state index in [1.54, 1.807) is 7.11 Å². The molecule has 0 bridgehead atoms. The Morgan fingerprint density at radius 3 is 2.64 bits per heavy atom. The minimum Gasteiger partial charge on any atom is -0.497 e. The summed E-state index contributed by atoms with van der Waals surface area (Å²) in [5.74, 6) is 0.890. The average molecular weight is 338 g/mol. The highest BCUT2D eigenvalue weighted by Crippen LogP contribution is 2.18. The van der Waals surface area contributed by atoms with Crippen molar-refractivity contribution in [2.75, 3.05) is 26.7 Å². The molecule has 1 aliphatic heterocycles. The zero-order valence-corrected chi connectivity index (χ0v) is 14.8. The Bertz CT molecular complexity index is 697. The van der Waals surface area contributed by atoms with Crippen LogP contribution in [0.25, 0.3) is 0 Å². The average Bonchev–Trinajstić information content (AvgIpc) is 2.66. The van der Waals surface area contributed by atoms with Gasteiger partial charge in [0.05, 0.1) is 13.5 Å². The standard InChI is InChI=1S/C21H26N2O2/c1-25-20-9-7-17(8-10-20)15-21(24)22-12-4-13-23-14-11-18-5-2-3-6-19(18)16-23/h2-3,5-10H,4,11-16H2,1H3,(H,22,24). The smallest absolute Gasteiger partial charge is 0.224 e. The minimum atomic E-state index is 0.0779. The van der Waals surface area contributed by atoms with Crippen molar-refractivity contribution in [2.24, 2.45) is 0 Å². The number of hydrogen-bond acceptors (Lipinski definition) is 3. The highest BCUT2D eigenvalue weighted by Gasteiger charge is 2.14. The van der Waals surface area contributed by atoms with E-state index < -0.39 is 0 Å². The number of carbonyl (C=O) groups is 1. The van der Waals surface area contributed by atoms with Crippen molar-refractivity contribution < 1.29 is 9.53 Å². The molecule has 0 atom stereocenters. The van der Waals surface area contributed by atoms with Crippen LogP contribution in [0, 0.1) is 0 Å². The fourth-order valence-electron chi connectivity index (χ4n) is 3.27. The summed E-state index contributed by atoms with van der Waals surface area (Å²) < 4.78 is 5.13. The number of nitrogens with zero attached hydrogens (tertiary/aromatic N) is 1. The number of carbonyl (C=O) groups excluding carboxylic acids is 1. The van der Waals surface area contributed by atoms with Gasteiger partial charge in [0.1, 0.15) is 5.75 Å². The molecule has 0 aliphatic carbocycles. The maximum atomic E-state index is 12.0. The number of rotatable bonds is 7. The molecule has 0 unspecified atom stereocenters. The van der Waals surface area contributed by atoms with Crippen molar-refractivity contribution in [1.29, 1.82) is 0 Å².